The number of aryl methyl sites for hydroxylation is 2. The van der Waals surface area contributed by atoms with Gasteiger partial charge in [-0.05, 0) is 35.2 Å². The van der Waals surface area contributed by atoms with Crippen molar-refractivity contribution < 1.29 is 14.3 Å². The topological polar surface area (TPSA) is 46.6 Å². The molecule has 1 aliphatic rings. The fourth-order valence-corrected chi connectivity index (χ4v) is 3.05. The molecule has 1 heterocycles. The summed E-state index contributed by atoms with van der Waals surface area (Å²) in [5, 5.41) is 2.03. The predicted octanol–water partition coefficient (Wildman–Crippen LogP) is 2.75. The van der Waals surface area contributed by atoms with Crippen LogP contribution in [0.3, 0.4) is 0 Å². The number of morpholine rings is 1. The molecule has 3 rings (SSSR count). The van der Waals surface area contributed by atoms with E-state index in [1.54, 1.807) is 0 Å². The van der Waals surface area contributed by atoms with Crippen LogP contribution in [-0.2, 0) is 16.0 Å². The maximum Gasteiger partial charge on any atom is 0.223 e. The van der Waals surface area contributed by atoms with Gasteiger partial charge in [0.25, 0.3) is 0 Å². The Morgan fingerprint density at radius 3 is 2.74 bits per heavy atom. The number of hydrogen-bond donors (Lipinski definition) is 0. The SMILES string of the molecule is Cc1ccc2cc(CCC(=O)N3CCOCC3)ccc2c1C=O. The second-order valence-corrected chi connectivity index (χ2v) is 5.96. The minimum Gasteiger partial charge on any atom is -0.378 e. The molecule has 120 valence electrons. The van der Waals surface area contributed by atoms with Gasteiger partial charge >= 0.3 is 0 Å². The predicted molar refractivity (Wildman–Crippen MR) is 89.8 cm³/mol. The third-order valence-corrected chi connectivity index (χ3v) is 4.45. The molecule has 1 amide bonds. The molecular weight excluding hydrogens is 290 g/mol. The van der Waals surface area contributed by atoms with Crippen LogP contribution in [0.4, 0.5) is 0 Å². The van der Waals surface area contributed by atoms with E-state index < -0.39 is 0 Å². The fourth-order valence-electron chi connectivity index (χ4n) is 3.05. The van der Waals surface area contributed by atoms with Crippen molar-refractivity contribution in [2.24, 2.45) is 0 Å². The normalized spacial score (nSPS) is 14.9. The van der Waals surface area contributed by atoms with Crippen molar-refractivity contribution >= 4 is 23.0 Å². The van der Waals surface area contributed by atoms with Gasteiger partial charge in [0.2, 0.25) is 5.91 Å². The molecule has 0 unspecified atom stereocenters. The van der Waals surface area contributed by atoms with Gasteiger partial charge in [0.1, 0.15) is 0 Å². The molecule has 4 heteroatoms. The third kappa shape index (κ3) is 3.42. The van der Waals surface area contributed by atoms with Crippen LogP contribution in [0.15, 0.2) is 30.3 Å². The lowest BCUT2D eigenvalue weighted by Gasteiger charge is -2.26. The third-order valence-electron chi connectivity index (χ3n) is 4.45. The van der Waals surface area contributed by atoms with Crippen LogP contribution in [0.5, 0.6) is 0 Å². The number of ether oxygens (including phenoxy) is 1. The summed E-state index contributed by atoms with van der Waals surface area (Å²) in [6, 6.07) is 10.1. The lowest BCUT2D eigenvalue weighted by molar-refractivity contribution is -0.135. The number of rotatable bonds is 4. The highest BCUT2D eigenvalue weighted by Gasteiger charge is 2.16. The van der Waals surface area contributed by atoms with Crippen molar-refractivity contribution in [2.75, 3.05) is 26.3 Å². The van der Waals surface area contributed by atoms with Gasteiger partial charge in [-0.1, -0.05) is 30.3 Å². The van der Waals surface area contributed by atoms with Crippen molar-refractivity contribution in [1.29, 1.82) is 0 Å². The van der Waals surface area contributed by atoms with Crippen LogP contribution in [0, 0.1) is 6.92 Å². The Hall–Kier alpha value is -2.20. The zero-order valence-corrected chi connectivity index (χ0v) is 13.4. The molecule has 0 spiro atoms. The van der Waals surface area contributed by atoms with Crippen molar-refractivity contribution in [1.82, 2.24) is 4.90 Å². The monoisotopic (exact) mass is 311 g/mol. The first-order chi connectivity index (χ1) is 11.2. The van der Waals surface area contributed by atoms with Crippen molar-refractivity contribution in [3.8, 4) is 0 Å². The van der Waals surface area contributed by atoms with E-state index in [4.69, 9.17) is 4.74 Å². The molecule has 2 aromatic rings. The van der Waals surface area contributed by atoms with Crippen molar-refractivity contribution in [3.63, 3.8) is 0 Å². The molecule has 0 atom stereocenters. The molecule has 0 aromatic heterocycles. The number of fused-ring (bicyclic) bond motifs is 1. The quantitative estimate of drug-likeness (QED) is 0.816. The Balaban J connectivity index is 1.72. The van der Waals surface area contributed by atoms with Crippen LogP contribution in [-0.4, -0.2) is 43.4 Å². The van der Waals surface area contributed by atoms with Gasteiger partial charge in [0, 0.05) is 25.1 Å². The van der Waals surface area contributed by atoms with Gasteiger partial charge < -0.3 is 9.64 Å². The van der Waals surface area contributed by atoms with E-state index in [-0.39, 0.29) is 5.91 Å². The summed E-state index contributed by atoms with van der Waals surface area (Å²) in [6.45, 7) is 4.60. The zero-order valence-electron chi connectivity index (χ0n) is 13.4. The van der Waals surface area contributed by atoms with Crippen molar-refractivity contribution in [2.45, 2.75) is 19.8 Å². The van der Waals surface area contributed by atoms with E-state index in [0.717, 1.165) is 40.2 Å². The first-order valence-corrected chi connectivity index (χ1v) is 8.02. The minimum absolute atomic E-state index is 0.186. The number of aldehydes is 1. The molecule has 23 heavy (non-hydrogen) atoms. The minimum atomic E-state index is 0.186. The molecule has 4 nitrogen and oxygen atoms in total. The summed E-state index contributed by atoms with van der Waals surface area (Å²) in [6.07, 6.45) is 2.15. The van der Waals surface area contributed by atoms with Gasteiger partial charge in [0.05, 0.1) is 13.2 Å². The molecule has 0 bridgehead atoms. The highest BCUT2D eigenvalue weighted by atomic mass is 16.5. The fraction of sp³-hybridized carbons (Fsp3) is 0.368. The number of benzene rings is 2. The molecule has 0 aliphatic carbocycles. The smallest absolute Gasteiger partial charge is 0.223 e. The number of nitrogens with zero attached hydrogens (tertiary/aromatic N) is 1. The number of carbonyl (C=O) groups is 2. The molecule has 0 N–H and O–H groups in total. The van der Waals surface area contributed by atoms with E-state index >= 15 is 0 Å². The average Bonchev–Trinajstić information content (AvgIpc) is 2.60. The maximum atomic E-state index is 12.2. The van der Waals surface area contributed by atoms with Gasteiger partial charge in [-0.25, -0.2) is 0 Å². The molecule has 0 saturated carbocycles. The van der Waals surface area contributed by atoms with E-state index in [1.165, 1.54) is 0 Å². The van der Waals surface area contributed by atoms with Crippen LogP contribution < -0.4 is 0 Å². The number of hydrogen-bond acceptors (Lipinski definition) is 3. The molecule has 1 fully saturated rings. The number of carbonyl (C=O) groups excluding carboxylic acids is 2. The van der Waals surface area contributed by atoms with Gasteiger partial charge in [-0.15, -0.1) is 0 Å². The summed E-state index contributed by atoms with van der Waals surface area (Å²) in [5.41, 5.74) is 2.86. The van der Waals surface area contributed by atoms with Crippen LogP contribution in [0.25, 0.3) is 10.8 Å². The van der Waals surface area contributed by atoms with Gasteiger partial charge in [-0.3, -0.25) is 9.59 Å². The molecular formula is C19H21NO3. The van der Waals surface area contributed by atoms with E-state index in [2.05, 4.69) is 6.07 Å². The van der Waals surface area contributed by atoms with Gasteiger partial charge in [-0.2, -0.15) is 0 Å². The second-order valence-electron chi connectivity index (χ2n) is 5.96. The first-order valence-electron chi connectivity index (χ1n) is 8.02. The molecule has 1 aliphatic heterocycles. The van der Waals surface area contributed by atoms with Crippen LogP contribution >= 0.6 is 0 Å². The van der Waals surface area contributed by atoms with Gasteiger partial charge in [0.15, 0.2) is 6.29 Å². The Bertz CT molecular complexity index is 733. The van der Waals surface area contributed by atoms with Crippen LogP contribution in [0.1, 0.15) is 27.9 Å². The molecule has 1 saturated heterocycles. The van der Waals surface area contributed by atoms with Crippen molar-refractivity contribution in [3.05, 3.63) is 47.0 Å². The largest absolute Gasteiger partial charge is 0.378 e. The zero-order chi connectivity index (χ0) is 16.2. The summed E-state index contributed by atoms with van der Waals surface area (Å²) >= 11 is 0. The summed E-state index contributed by atoms with van der Waals surface area (Å²) in [7, 11) is 0. The summed E-state index contributed by atoms with van der Waals surface area (Å²) < 4.78 is 5.27. The Kier molecular flexibility index (Phi) is 4.72. The second kappa shape index (κ2) is 6.92. The standard InChI is InChI=1S/C19H21NO3/c1-14-2-5-16-12-15(3-6-17(16)18(14)13-21)4-7-19(22)20-8-10-23-11-9-20/h2-3,5-6,12-13H,4,7-11H2,1H3. The summed E-state index contributed by atoms with van der Waals surface area (Å²) in [4.78, 5) is 25.3. The Morgan fingerprint density at radius 1 is 1.22 bits per heavy atom. The highest BCUT2D eigenvalue weighted by Crippen LogP contribution is 2.23. The average molecular weight is 311 g/mol. The first kappa shape index (κ1) is 15.7. The molecule has 0 radical (unpaired) electrons. The Morgan fingerprint density at radius 2 is 2.00 bits per heavy atom. The maximum absolute atomic E-state index is 12.2. The van der Waals surface area contributed by atoms with E-state index in [9.17, 15) is 9.59 Å². The number of amides is 1. The van der Waals surface area contributed by atoms with E-state index in [1.807, 2.05) is 36.1 Å². The molecule has 2 aromatic carbocycles. The lowest BCUT2D eigenvalue weighted by Crippen LogP contribution is -2.40. The lowest BCUT2D eigenvalue weighted by atomic mass is 9.97. The van der Waals surface area contributed by atoms with E-state index in [0.29, 0.717) is 32.7 Å². The summed E-state index contributed by atoms with van der Waals surface area (Å²) in [5.74, 6) is 0.186. The Labute approximate surface area is 136 Å². The highest BCUT2D eigenvalue weighted by molar-refractivity contribution is 5.99. The van der Waals surface area contributed by atoms with Crippen LogP contribution in [0.2, 0.25) is 0 Å².